The lowest BCUT2D eigenvalue weighted by atomic mass is 9.87. The van der Waals surface area contributed by atoms with E-state index in [0.717, 1.165) is 50.2 Å². The topological polar surface area (TPSA) is 59.5 Å². The smallest absolute Gasteiger partial charge is 0.148 e. The molecule has 1 spiro atoms. The minimum Gasteiger partial charge on any atom is -0.381 e. The Labute approximate surface area is 150 Å². The van der Waals surface area contributed by atoms with Gasteiger partial charge in [0.05, 0.1) is 23.9 Å². The molecule has 1 N–H and O–H groups in total. The van der Waals surface area contributed by atoms with Crippen LogP contribution in [-0.2, 0) is 9.47 Å². The summed E-state index contributed by atoms with van der Waals surface area (Å²) < 4.78 is 11.8. The largest absolute Gasteiger partial charge is 0.381 e. The highest BCUT2D eigenvalue weighted by atomic mass is 16.5. The van der Waals surface area contributed by atoms with Crippen LogP contribution in [0.1, 0.15) is 37.8 Å². The maximum atomic E-state index is 6.33. The van der Waals surface area contributed by atoms with E-state index in [4.69, 9.17) is 9.47 Å². The number of aromatic nitrogens is 2. The van der Waals surface area contributed by atoms with Crippen LogP contribution in [0.15, 0.2) is 12.1 Å². The van der Waals surface area contributed by atoms with Crippen LogP contribution in [0.2, 0.25) is 0 Å². The third-order valence-electron chi connectivity index (χ3n) is 5.83. The number of rotatable bonds is 4. The predicted octanol–water partition coefficient (Wildman–Crippen LogP) is 2.25. The fraction of sp³-hybridized carbons (Fsp3) is 0.789. The molecule has 6 nitrogen and oxygen atoms in total. The lowest BCUT2D eigenvalue weighted by Gasteiger charge is -2.41. The quantitative estimate of drug-likeness (QED) is 0.902. The molecule has 3 fully saturated rings. The molecule has 1 aromatic heterocycles. The van der Waals surface area contributed by atoms with E-state index in [1.165, 1.54) is 38.8 Å². The van der Waals surface area contributed by atoms with Crippen molar-refractivity contribution in [2.75, 3.05) is 44.8 Å². The van der Waals surface area contributed by atoms with E-state index in [1.807, 2.05) is 19.1 Å². The first-order chi connectivity index (χ1) is 12.2. The van der Waals surface area contributed by atoms with Crippen LogP contribution in [0.3, 0.4) is 0 Å². The van der Waals surface area contributed by atoms with Crippen molar-refractivity contribution in [2.45, 2.75) is 50.7 Å². The molecule has 138 valence electrons. The molecule has 3 saturated heterocycles. The summed E-state index contributed by atoms with van der Waals surface area (Å²) in [6.07, 6.45) is 5.89. The Morgan fingerprint density at radius 2 is 2.16 bits per heavy atom. The second kappa shape index (κ2) is 7.56. The molecule has 0 saturated carbocycles. The average molecular weight is 346 g/mol. The first kappa shape index (κ1) is 17.2. The van der Waals surface area contributed by atoms with Gasteiger partial charge in [-0.05, 0) is 57.2 Å². The summed E-state index contributed by atoms with van der Waals surface area (Å²) in [7, 11) is 0. The van der Waals surface area contributed by atoms with Crippen molar-refractivity contribution in [1.82, 2.24) is 15.1 Å². The second-order valence-electron chi connectivity index (χ2n) is 7.99. The van der Waals surface area contributed by atoms with Crippen molar-refractivity contribution >= 4 is 5.82 Å². The van der Waals surface area contributed by atoms with E-state index < -0.39 is 0 Å². The van der Waals surface area contributed by atoms with Gasteiger partial charge in [0.2, 0.25) is 0 Å². The third-order valence-corrected chi connectivity index (χ3v) is 5.83. The molecule has 3 aliphatic rings. The zero-order valence-electron chi connectivity index (χ0n) is 15.2. The Kier molecular flexibility index (Phi) is 5.20. The highest BCUT2D eigenvalue weighted by molar-refractivity contribution is 5.34. The molecular formula is C19H30N4O2. The molecule has 0 aromatic carbocycles. The Hall–Kier alpha value is -1.24. The molecule has 1 aromatic rings. The molecule has 0 bridgehead atoms. The molecule has 0 radical (unpaired) electrons. The summed E-state index contributed by atoms with van der Waals surface area (Å²) in [5, 5.41) is 11.9. The lowest BCUT2D eigenvalue weighted by Crippen LogP contribution is -2.49. The number of aryl methyl sites for hydroxylation is 1. The highest BCUT2D eigenvalue weighted by Crippen LogP contribution is 2.36. The van der Waals surface area contributed by atoms with Crippen LogP contribution in [0.4, 0.5) is 5.82 Å². The van der Waals surface area contributed by atoms with Crippen LogP contribution in [0, 0.1) is 12.8 Å². The SMILES string of the molecule is Cc1ccc(NC2COC3(CCCN(CC4CCOCC4)C3)C2)nn1. The fourth-order valence-corrected chi connectivity index (χ4v) is 4.55. The van der Waals surface area contributed by atoms with Crippen molar-refractivity contribution in [3.63, 3.8) is 0 Å². The minimum absolute atomic E-state index is 0.0270. The number of nitrogens with zero attached hydrogens (tertiary/aromatic N) is 3. The number of anilines is 1. The fourth-order valence-electron chi connectivity index (χ4n) is 4.55. The van der Waals surface area contributed by atoms with Crippen molar-refractivity contribution < 1.29 is 9.47 Å². The van der Waals surface area contributed by atoms with E-state index in [1.54, 1.807) is 0 Å². The van der Waals surface area contributed by atoms with Gasteiger partial charge in [-0.3, -0.25) is 0 Å². The summed E-state index contributed by atoms with van der Waals surface area (Å²) in [5.74, 6) is 1.65. The normalized spacial score (nSPS) is 31.5. The van der Waals surface area contributed by atoms with Crippen LogP contribution in [0.25, 0.3) is 0 Å². The average Bonchev–Trinajstić information content (AvgIpc) is 3.00. The zero-order chi connectivity index (χ0) is 17.1. The summed E-state index contributed by atoms with van der Waals surface area (Å²) in [6.45, 7) is 8.08. The van der Waals surface area contributed by atoms with Gasteiger partial charge in [-0.25, -0.2) is 0 Å². The Balaban J connectivity index is 1.31. The molecule has 0 aliphatic carbocycles. The van der Waals surface area contributed by atoms with Crippen molar-refractivity contribution in [1.29, 1.82) is 0 Å². The maximum Gasteiger partial charge on any atom is 0.148 e. The third kappa shape index (κ3) is 4.30. The van der Waals surface area contributed by atoms with Gasteiger partial charge in [0.25, 0.3) is 0 Å². The molecular weight excluding hydrogens is 316 g/mol. The number of hydrogen-bond donors (Lipinski definition) is 1. The van der Waals surface area contributed by atoms with Gasteiger partial charge >= 0.3 is 0 Å². The Morgan fingerprint density at radius 3 is 2.96 bits per heavy atom. The number of likely N-dealkylation sites (tertiary alicyclic amines) is 1. The van der Waals surface area contributed by atoms with Gasteiger partial charge in [-0.15, -0.1) is 5.10 Å². The van der Waals surface area contributed by atoms with Crippen LogP contribution in [-0.4, -0.2) is 66.2 Å². The molecule has 2 atom stereocenters. The number of ether oxygens (including phenoxy) is 2. The van der Waals surface area contributed by atoms with Crippen LogP contribution in [0.5, 0.6) is 0 Å². The predicted molar refractivity (Wildman–Crippen MR) is 96.7 cm³/mol. The summed E-state index contributed by atoms with van der Waals surface area (Å²) in [6, 6.07) is 4.34. The van der Waals surface area contributed by atoms with Crippen LogP contribution < -0.4 is 5.32 Å². The second-order valence-corrected chi connectivity index (χ2v) is 7.99. The van der Waals surface area contributed by atoms with Gasteiger partial charge in [0.15, 0.2) is 0 Å². The molecule has 2 unspecified atom stereocenters. The molecule has 4 heterocycles. The van der Waals surface area contributed by atoms with E-state index in [0.29, 0.717) is 6.04 Å². The van der Waals surface area contributed by atoms with E-state index in [2.05, 4.69) is 20.4 Å². The number of piperidine rings is 1. The van der Waals surface area contributed by atoms with E-state index in [9.17, 15) is 0 Å². The van der Waals surface area contributed by atoms with Crippen molar-refractivity contribution in [3.8, 4) is 0 Å². The van der Waals surface area contributed by atoms with E-state index in [-0.39, 0.29) is 5.60 Å². The summed E-state index contributed by atoms with van der Waals surface area (Å²) in [4.78, 5) is 2.63. The maximum absolute atomic E-state index is 6.33. The number of nitrogens with one attached hydrogen (secondary N) is 1. The molecule has 25 heavy (non-hydrogen) atoms. The Morgan fingerprint density at radius 1 is 1.28 bits per heavy atom. The summed E-state index contributed by atoms with van der Waals surface area (Å²) >= 11 is 0. The molecule has 3 aliphatic heterocycles. The van der Waals surface area contributed by atoms with E-state index >= 15 is 0 Å². The van der Waals surface area contributed by atoms with Gasteiger partial charge in [-0.2, -0.15) is 5.10 Å². The molecule has 6 heteroatoms. The van der Waals surface area contributed by atoms with Gasteiger partial charge in [0.1, 0.15) is 5.82 Å². The Bertz CT molecular complexity index is 561. The summed E-state index contributed by atoms with van der Waals surface area (Å²) in [5.41, 5.74) is 0.972. The lowest BCUT2D eigenvalue weighted by molar-refractivity contribution is -0.0580. The van der Waals surface area contributed by atoms with Gasteiger partial charge in [0, 0.05) is 32.7 Å². The highest BCUT2D eigenvalue weighted by Gasteiger charge is 2.43. The van der Waals surface area contributed by atoms with Crippen molar-refractivity contribution in [2.24, 2.45) is 5.92 Å². The monoisotopic (exact) mass is 346 g/mol. The van der Waals surface area contributed by atoms with Crippen LogP contribution >= 0.6 is 0 Å². The first-order valence-corrected chi connectivity index (χ1v) is 9.72. The number of hydrogen-bond acceptors (Lipinski definition) is 6. The van der Waals surface area contributed by atoms with Gasteiger partial charge < -0.3 is 19.7 Å². The van der Waals surface area contributed by atoms with Crippen molar-refractivity contribution in [3.05, 3.63) is 17.8 Å². The minimum atomic E-state index is 0.0270. The standard InChI is InChI=1S/C19H30N4O2/c1-15-3-4-18(22-21-15)20-17-11-19(25-13-17)7-2-8-23(14-19)12-16-5-9-24-10-6-16/h3-4,16-17H,2,5-14H2,1H3,(H,20,22). The molecule has 4 rings (SSSR count). The van der Waals surface area contributed by atoms with Gasteiger partial charge in [-0.1, -0.05) is 0 Å². The zero-order valence-corrected chi connectivity index (χ0v) is 15.2. The molecule has 0 amide bonds. The first-order valence-electron chi connectivity index (χ1n) is 9.72.